The van der Waals surface area contributed by atoms with Gasteiger partial charge in [0.1, 0.15) is 0 Å². The lowest BCUT2D eigenvalue weighted by Gasteiger charge is -2.41. The lowest BCUT2D eigenvalue weighted by molar-refractivity contribution is 0.223. The molecule has 0 aromatic heterocycles. The van der Waals surface area contributed by atoms with E-state index >= 15 is 0 Å². The molecular formula is C19H32. The largest absolute Gasteiger partial charge is 0.0620 e. The van der Waals surface area contributed by atoms with Crippen molar-refractivity contribution in [3.8, 4) is 0 Å². The first-order valence-corrected chi connectivity index (χ1v) is 7.53. The van der Waals surface area contributed by atoms with E-state index in [0.717, 1.165) is 0 Å². The lowest BCUT2D eigenvalue weighted by Crippen LogP contribution is -2.35. The number of hydrogen-bond donors (Lipinski definition) is 0. The highest BCUT2D eigenvalue weighted by molar-refractivity contribution is 5.35. The standard InChI is InChI=1S/C19H32/c1-17(2,3)14-13-15-11-9-10-12-16(15)19(7,8)18(4,5)6/h9-12H,13-14H2,1-8H3. The van der Waals surface area contributed by atoms with E-state index in [0.29, 0.717) is 5.41 Å². The molecule has 0 atom stereocenters. The molecule has 0 heteroatoms. The second-order valence-electron chi connectivity index (χ2n) is 8.59. The Morgan fingerprint density at radius 3 is 1.79 bits per heavy atom. The van der Waals surface area contributed by atoms with Crippen LogP contribution in [0.3, 0.4) is 0 Å². The van der Waals surface area contributed by atoms with Gasteiger partial charge in [-0.25, -0.2) is 0 Å². The highest BCUT2D eigenvalue weighted by Gasteiger charge is 2.35. The fourth-order valence-electron chi connectivity index (χ4n) is 2.26. The van der Waals surface area contributed by atoms with Gasteiger partial charge in [-0.05, 0) is 40.2 Å². The van der Waals surface area contributed by atoms with E-state index in [9.17, 15) is 0 Å². The van der Waals surface area contributed by atoms with Crippen LogP contribution in [0.4, 0.5) is 0 Å². The SMILES string of the molecule is CC(C)(C)CCc1ccccc1C(C)(C)C(C)(C)C. The minimum Gasteiger partial charge on any atom is -0.0620 e. The van der Waals surface area contributed by atoms with Gasteiger partial charge in [-0.1, -0.05) is 79.7 Å². The molecule has 0 heterocycles. The Labute approximate surface area is 120 Å². The number of aryl methyl sites for hydroxylation is 1. The van der Waals surface area contributed by atoms with Crippen molar-refractivity contribution in [1.29, 1.82) is 0 Å². The summed E-state index contributed by atoms with van der Waals surface area (Å²) in [5.74, 6) is 0. The zero-order chi connectivity index (χ0) is 14.9. The summed E-state index contributed by atoms with van der Waals surface area (Å²) >= 11 is 0. The summed E-state index contributed by atoms with van der Waals surface area (Å²) in [7, 11) is 0. The van der Waals surface area contributed by atoms with Crippen LogP contribution < -0.4 is 0 Å². The van der Waals surface area contributed by atoms with Gasteiger partial charge in [-0.3, -0.25) is 0 Å². The Morgan fingerprint density at radius 1 is 0.789 bits per heavy atom. The Balaban J connectivity index is 3.09. The molecule has 0 aliphatic heterocycles. The number of rotatable bonds is 3. The highest BCUT2D eigenvalue weighted by Crippen LogP contribution is 2.42. The maximum Gasteiger partial charge on any atom is -0.00523 e. The molecule has 1 rings (SSSR count). The van der Waals surface area contributed by atoms with Crippen molar-refractivity contribution in [2.24, 2.45) is 10.8 Å². The lowest BCUT2D eigenvalue weighted by atomic mass is 9.64. The molecule has 0 N–H and O–H groups in total. The third-order valence-electron chi connectivity index (χ3n) is 4.71. The zero-order valence-corrected chi connectivity index (χ0v) is 14.2. The maximum atomic E-state index is 2.38. The molecule has 0 saturated heterocycles. The quantitative estimate of drug-likeness (QED) is 0.626. The van der Waals surface area contributed by atoms with Crippen molar-refractivity contribution in [3.63, 3.8) is 0 Å². The van der Waals surface area contributed by atoms with Gasteiger partial charge in [0.25, 0.3) is 0 Å². The predicted molar refractivity (Wildman–Crippen MR) is 86.7 cm³/mol. The Hall–Kier alpha value is -0.780. The van der Waals surface area contributed by atoms with Gasteiger partial charge in [0.05, 0.1) is 0 Å². The third kappa shape index (κ3) is 4.09. The molecular weight excluding hydrogens is 228 g/mol. The first-order chi connectivity index (χ1) is 8.45. The second-order valence-corrected chi connectivity index (χ2v) is 8.59. The van der Waals surface area contributed by atoms with Crippen molar-refractivity contribution < 1.29 is 0 Å². The van der Waals surface area contributed by atoms with Crippen molar-refractivity contribution in [1.82, 2.24) is 0 Å². The third-order valence-corrected chi connectivity index (χ3v) is 4.71. The molecule has 0 bridgehead atoms. The Kier molecular flexibility index (Phi) is 4.55. The highest BCUT2D eigenvalue weighted by atomic mass is 14.4. The number of benzene rings is 1. The topological polar surface area (TPSA) is 0 Å². The van der Waals surface area contributed by atoms with Gasteiger partial charge in [0, 0.05) is 0 Å². The Bertz CT molecular complexity index is 410. The molecule has 0 saturated carbocycles. The van der Waals surface area contributed by atoms with Crippen LogP contribution in [-0.2, 0) is 11.8 Å². The van der Waals surface area contributed by atoms with Crippen LogP contribution in [0.15, 0.2) is 24.3 Å². The van der Waals surface area contributed by atoms with E-state index in [1.807, 2.05) is 0 Å². The average Bonchev–Trinajstić information content (AvgIpc) is 2.24. The molecule has 1 aromatic carbocycles. The van der Waals surface area contributed by atoms with Gasteiger partial charge in [-0.15, -0.1) is 0 Å². The van der Waals surface area contributed by atoms with Crippen LogP contribution in [0.5, 0.6) is 0 Å². The van der Waals surface area contributed by atoms with E-state index in [4.69, 9.17) is 0 Å². The molecule has 0 spiro atoms. The molecule has 0 radical (unpaired) electrons. The fraction of sp³-hybridized carbons (Fsp3) is 0.684. The summed E-state index contributed by atoms with van der Waals surface area (Å²) in [5, 5.41) is 0. The smallest absolute Gasteiger partial charge is 0.00523 e. The molecule has 0 unspecified atom stereocenters. The molecule has 0 fully saturated rings. The van der Waals surface area contributed by atoms with Crippen LogP contribution in [0, 0.1) is 10.8 Å². The number of hydrogen-bond acceptors (Lipinski definition) is 0. The van der Waals surface area contributed by atoms with Crippen molar-refractivity contribution in [2.45, 2.75) is 73.6 Å². The van der Waals surface area contributed by atoms with E-state index in [1.54, 1.807) is 0 Å². The van der Waals surface area contributed by atoms with E-state index in [2.05, 4.69) is 79.7 Å². The summed E-state index contributed by atoms with van der Waals surface area (Å²) in [6.45, 7) is 18.8. The molecule has 1 aromatic rings. The average molecular weight is 260 g/mol. The molecule has 0 aliphatic rings. The minimum absolute atomic E-state index is 0.196. The van der Waals surface area contributed by atoms with Gasteiger partial charge in [0.2, 0.25) is 0 Å². The summed E-state index contributed by atoms with van der Waals surface area (Å²) in [4.78, 5) is 0. The summed E-state index contributed by atoms with van der Waals surface area (Å²) in [6, 6.07) is 9.00. The van der Waals surface area contributed by atoms with E-state index in [-0.39, 0.29) is 10.8 Å². The van der Waals surface area contributed by atoms with Gasteiger partial charge in [-0.2, -0.15) is 0 Å². The predicted octanol–water partition coefficient (Wildman–Crippen LogP) is 5.99. The minimum atomic E-state index is 0.196. The van der Waals surface area contributed by atoms with E-state index < -0.39 is 0 Å². The van der Waals surface area contributed by atoms with Crippen LogP contribution in [0.2, 0.25) is 0 Å². The van der Waals surface area contributed by atoms with Gasteiger partial charge in [0.15, 0.2) is 0 Å². The van der Waals surface area contributed by atoms with Gasteiger partial charge < -0.3 is 0 Å². The zero-order valence-electron chi connectivity index (χ0n) is 14.2. The monoisotopic (exact) mass is 260 g/mol. The van der Waals surface area contributed by atoms with E-state index in [1.165, 1.54) is 24.0 Å². The molecule has 0 nitrogen and oxygen atoms in total. The van der Waals surface area contributed by atoms with Crippen molar-refractivity contribution in [2.75, 3.05) is 0 Å². The van der Waals surface area contributed by atoms with Crippen LogP contribution in [-0.4, -0.2) is 0 Å². The Morgan fingerprint density at radius 2 is 1.32 bits per heavy atom. The first-order valence-electron chi connectivity index (χ1n) is 7.53. The second kappa shape index (κ2) is 5.31. The van der Waals surface area contributed by atoms with Crippen LogP contribution >= 0.6 is 0 Å². The molecule has 108 valence electrons. The maximum absolute atomic E-state index is 2.38. The molecule has 19 heavy (non-hydrogen) atoms. The molecule has 0 aliphatic carbocycles. The van der Waals surface area contributed by atoms with Crippen LogP contribution in [0.1, 0.15) is 72.9 Å². The van der Waals surface area contributed by atoms with Gasteiger partial charge >= 0.3 is 0 Å². The molecule has 0 amide bonds. The summed E-state index contributed by atoms with van der Waals surface area (Å²) in [6.07, 6.45) is 2.42. The normalized spacial score (nSPS) is 13.7. The fourth-order valence-corrected chi connectivity index (χ4v) is 2.26. The summed E-state index contributed by atoms with van der Waals surface area (Å²) in [5.41, 5.74) is 3.91. The van der Waals surface area contributed by atoms with Crippen molar-refractivity contribution in [3.05, 3.63) is 35.4 Å². The van der Waals surface area contributed by atoms with Crippen LogP contribution in [0.25, 0.3) is 0 Å². The van der Waals surface area contributed by atoms with Crippen molar-refractivity contribution >= 4 is 0 Å². The summed E-state index contributed by atoms with van der Waals surface area (Å²) < 4.78 is 0. The first kappa shape index (κ1) is 16.3.